The van der Waals surface area contributed by atoms with Crippen molar-refractivity contribution < 1.29 is 13.9 Å². The van der Waals surface area contributed by atoms with Crippen LogP contribution in [0.15, 0.2) is 58.2 Å². The minimum Gasteiger partial charge on any atom is -0.390 e. The van der Waals surface area contributed by atoms with Crippen LogP contribution in [0.5, 0.6) is 0 Å². The molecule has 0 fully saturated rings. The summed E-state index contributed by atoms with van der Waals surface area (Å²) < 4.78 is 24.1. The zero-order valence-corrected chi connectivity index (χ0v) is 29.6. The summed E-state index contributed by atoms with van der Waals surface area (Å²) in [5.41, 5.74) is 11.0. The van der Waals surface area contributed by atoms with Crippen LogP contribution in [0, 0.1) is 28.6 Å². The van der Waals surface area contributed by atoms with E-state index in [1.54, 1.807) is 32.4 Å². The van der Waals surface area contributed by atoms with Crippen LogP contribution in [0.25, 0.3) is 0 Å². The summed E-state index contributed by atoms with van der Waals surface area (Å²) in [4.78, 5) is 7.37. The van der Waals surface area contributed by atoms with Gasteiger partial charge in [0, 0.05) is 45.5 Å². The van der Waals surface area contributed by atoms with Crippen LogP contribution in [0.1, 0.15) is 100 Å². The molecule has 0 radical (unpaired) electrons. The highest BCUT2D eigenvalue weighted by molar-refractivity contribution is 5.52. The predicted octanol–water partition coefficient (Wildman–Crippen LogP) is 8.24. The molecular weight excluding hydrogens is 555 g/mol. The molecule has 44 heavy (non-hydrogen) atoms. The van der Waals surface area contributed by atoms with Gasteiger partial charge in [0.15, 0.2) is 0 Å². The Morgan fingerprint density at radius 3 is 2.20 bits per heavy atom. The van der Waals surface area contributed by atoms with Gasteiger partial charge in [-0.05, 0) is 52.3 Å². The zero-order valence-electron chi connectivity index (χ0n) is 29.6. The van der Waals surface area contributed by atoms with Gasteiger partial charge in [-0.15, -0.1) is 6.58 Å². The standard InChI is InChI=1S/C20H32FN5O.C9H20.C3H9NO.C3H6/c1-6-8-27-9-7-20(4,13-22)14-26-18(11-24-5)10-16(2)17(3)19(21)12-25-15-23;1-4-6-7-8-9(3)5-2;1-5-3-2-4;1-3-2/h10-12,15,17,26H,5-9,14H2,1-4H3,(H2,23,25);9H,4-8H2,1-3H3;2-4H2,1H3;3H,1H2,2H3/b16-10+,18-11+,19-12+;;;. The second-order valence-corrected chi connectivity index (χ2v) is 10.8. The number of methoxy groups -OCH3 is 1. The lowest BCUT2D eigenvalue weighted by atomic mass is 9.88. The molecule has 5 N–H and O–H groups in total. The third kappa shape index (κ3) is 33.7. The average molecular weight is 623 g/mol. The second kappa shape index (κ2) is 36.4. The number of unbranched alkanes of at least 4 members (excludes halogenated alkanes) is 2. The third-order valence-corrected chi connectivity index (χ3v) is 6.41. The fourth-order valence-electron chi connectivity index (χ4n) is 3.14. The van der Waals surface area contributed by atoms with Crippen LogP contribution >= 0.6 is 0 Å². The molecule has 9 heteroatoms. The molecule has 3 atom stereocenters. The van der Waals surface area contributed by atoms with Gasteiger partial charge < -0.3 is 26.3 Å². The van der Waals surface area contributed by atoms with Crippen LogP contribution in [-0.4, -0.2) is 53.1 Å². The molecule has 0 aliphatic heterocycles. The van der Waals surface area contributed by atoms with Gasteiger partial charge in [-0.3, -0.25) is 4.99 Å². The topological polar surface area (TPSA) is 131 Å². The van der Waals surface area contributed by atoms with Crippen molar-refractivity contribution in [3.63, 3.8) is 0 Å². The van der Waals surface area contributed by atoms with Crippen molar-refractivity contribution in [3.05, 3.63) is 48.2 Å². The Morgan fingerprint density at radius 1 is 1.14 bits per heavy atom. The van der Waals surface area contributed by atoms with Crippen molar-refractivity contribution in [2.75, 3.05) is 40.0 Å². The first-order chi connectivity index (χ1) is 21.0. The largest absolute Gasteiger partial charge is 0.390 e. The summed E-state index contributed by atoms with van der Waals surface area (Å²) in [6, 6.07) is 2.34. The van der Waals surface area contributed by atoms with Crippen molar-refractivity contribution in [3.8, 4) is 6.07 Å². The molecule has 8 nitrogen and oxygen atoms in total. The summed E-state index contributed by atoms with van der Waals surface area (Å²) in [5, 5.41) is 12.7. The molecule has 0 rings (SSSR count). The van der Waals surface area contributed by atoms with E-state index >= 15 is 0 Å². The van der Waals surface area contributed by atoms with Crippen molar-refractivity contribution in [1.29, 1.82) is 5.26 Å². The van der Waals surface area contributed by atoms with Gasteiger partial charge in [0.2, 0.25) is 0 Å². The van der Waals surface area contributed by atoms with Crippen LogP contribution < -0.4 is 16.8 Å². The highest BCUT2D eigenvalue weighted by Crippen LogP contribution is 2.23. The van der Waals surface area contributed by atoms with Gasteiger partial charge >= 0.3 is 0 Å². The highest BCUT2D eigenvalue weighted by atomic mass is 19.1. The summed E-state index contributed by atoms with van der Waals surface area (Å²) in [6.45, 7) is 26.0. The summed E-state index contributed by atoms with van der Waals surface area (Å²) in [6.07, 6.45) is 15.8. The number of hydrogen-bond acceptors (Lipinski definition) is 7. The lowest BCUT2D eigenvalue weighted by molar-refractivity contribution is 0.112. The van der Waals surface area contributed by atoms with E-state index in [1.165, 1.54) is 32.1 Å². The molecule has 0 saturated carbocycles. The first-order valence-electron chi connectivity index (χ1n) is 15.9. The van der Waals surface area contributed by atoms with E-state index in [4.69, 9.17) is 16.2 Å². The second-order valence-electron chi connectivity index (χ2n) is 10.8. The number of allylic oxidation sites excluding steroid dienone is 4. The fourth-order valence-corrected chi connectivity index (χ4v) is 3.14. The van der Waals surface area contributed by atoms with Gasteiger partial charge in [0.25, 0.3) is 0 Å². The summed E-state index contributed by atoms with van der Waals surface area (Å²) in [5.74, 6) is 0.0938. The lowest BCUT2D eigenvalue weighted by Gasteiger charge is -2.23. The minimum absolute atomic E-state index is 0.397. The molecule has 0 heterocycles. The van der Waals surface area contributed by atoms with Crippen LogP contribution in [0.4, 0.5) is 4.39 Å². The number of halogens is 1. The van der Waals surface area contributed by atoms with E-state index in [1.807, 2.05) is 27.7 Å². The molecule has 0 aromatic carbocycles. The summed E-state index contributed by atoms with van der Waals surface area (Å²) in [7, 11) is 1.63. The van der Waals surface area contributed by atoms with Crippen molar-refractivity contribution in [1.82, 2.24) is 5.32 Å². The van der Waals surface area contributed by atoms with Crippen molar-refractivity contribution >= 4 is 13.1 Å². The number of nitrogens with two attached hydrogens (primary N) is 2. The predicted molar refractivity (Wildman–Crippen MR) is 190 cm³/mol. The molecule has 0 bridgehead atoms. The first kappa shape index (κ1) is 48.1. The van der Waals surface area contributed by atoms with Crippen LogP contribution in [-0.2, 0) is 9.47 Å². The Kier molecular flexibility index (Phi) is 39.8. The molecule has 0 saturated heterocycles. The maximum absolute atomic E-state index is 14.0. The van der Waals surface area contributed by atoms with E-state index < -0.39 is 17.2 Å². The number of hydrogen-bond donors (Lipinski definition) is 3. The molecule has 0 aliphatic rings. The summed E-state index contributed by atoms with van der Waals surface area (Å²) >= 11 is 0. The fraction of sp³-hybridized carbons (Fsp3) is 0.686. The number of rotatable bonds is 20. The molecule has 0 aromatic rings. The van der Waals surface area contributed by atoms with Gasteiger partial charge in [-0.1, -0.05) is 78.4 Å². The molecular formula is C35H67FN6O2. The van der Waals surface area contributed by atoms with Crippen LogP contribution in [0.3, 0.4) is 0 Å². The molecule has 0 amide bonds. The van der Waals surface area contributed by atoms with E-state index in [9.17, 15) is 9.65 Å². The lowest BCUT2D eigenvalue weighted by Crippen LogP contribution is -2.31. The molecule has 256 valence electrons. The maximum atomic E-state index is 14.0. The van der Waals surface area contributed by atoms with Gasteiger partial charge in [-0.25, -0.2) is 9.38 Å². The highest BCUT2D eigenvalue weighted by Gasteiger charge is 2.24. The van der Waals surface area contributed by atoms with E-state index in [-0.39, 0.29) is 0 Å². The Bertz CT molecular complexity index is 834. The van der Waals surface area contributed by atoms with Gasteiger partial charge in [0.05, 0.1) is 36.3 Å². The quantitative estimate of drug-likeness (QED) is 0.0412. The normalized spacial score (nSPS) is 14.3. The Morgan fingerprint density at radius 2 is 1.77 bits per heavy atom. The average Bonchev–Trinajstić information content (AvgIpc) is 3.02. The zero-order chi connectivity index (χ0) is 34.7. The molecule has 0 aliphatic carbocycles. The molecule has 0 spiro atoms. The third-order valence-electron chi connectivity index (χ3n) is 6.41. The van der Waals surface area contributed by atoms with Crippen molar-refractivity contribution in [2.24, 2.45) is 38.7 Å². The molecule has 3 unspecified atom stereocenters. The van der Waals surface area contributed by atoms with Crippen LogP contribution in [0.2, 0.25) is 0 Å². The first-order valence-corrected chi connectivity index (χ1v) is 15.9. The molecule has 0 aromatic heterocycles. The van der Waals surface area contributed by atoms with Crippen molar-refractivity contribution in [2.45, 2.75) is 100 Å². The van der Waals surface area contributed by atoms with E-state index in [2.05, 4.69) is 60.2 Å². The SMILES string of the molecule is C=CC.C=N/C=C(\C=C(/C)C(C)/C(F)=C\N=CN)NCC(C)(C#N)CCOCCC.CCCCCC(C)CC.COCCN. The Hall–Kier alpha value is -2.80. The number of nitrogens with one attached hydrogen (secondary N) is 1. The number of nitrogens with zero attached hydrogens (tertiary/aromatic N) is 3. The van der Waals surface area contributed by atoms with Gasteiger partial charge in [0.1, 0.15) is 5.83 Å². The Labute approximate surface area is 270 Å². The van der Waals surface area contributed by atoms with E-state index in [0.717, 1.165) is 30.5 Å². The maximum Gasteiger partial charge on any atom is 0.125 e. The Balaban J connectivity index is -0.000000382. The smallest absolute Gasteiger partial charge is 0.125 e. The van der Waals surface area contributed by atoms with E-state index in [0.29, 0.717) is 45.0 Å². The monoisotopic (exact) mass is 623 g/mol. The van der Waals surface area contributed by atoms with Gasteiger partial charge in [-0.2, -0.15) is 5.26 Å². The number of aliphatic imine (C=N–C) groups is 2. The number of ether oxygens (including phenoxy) is 2. The minimum atomic E-state index is -0.595. The number of nitriles is 1.